The van der Waals surface area contributed by atoms with E-state index in [1.54, 1.807) is 12.4 Å². The molecule has 0 aliphatic rings. The lowest BCUT2D eigenvalue weighted by Gasteiger charge is -2.04. The summed E-state index contributed by atoms with van der Waals surface area (Å²) in [6.07, 6.45) is 3.40. The molecule has 2 aromatic heterocycles. The summed E-state index contributed by atoms with van der Waals surface area (Å²) in [6, 6.07) is 13.9. The number of benzene rings is 1. The lowest BCUT2D eigenvalue weighted by atomic mass is 10.1. The summed E-state index contributed by atoms with van der Waals surface area (Å²) in [6.45, 7) is 0. The van der Waals surface area contributed by atoms with Crippen molar-refractivity contribution < 1.29 is 9.90 Å². The zero-order valence-corrected chi connectivity index (χ0v) is 12.6. The fraction of sp³-hybridized carbons (Fsp3) is 0. The highest BCUT2D eigenvalue weighted by Gasteiger charge is 2.08. The summed E-state index contributed by atoms with van der Waals surface area (Å²) in [4.78, 5) is 19.3. The van der Waals surface area contributed by atoms with Crippen molar-refractivity contribution in [1.29, 1.82) is 0 Å². The van der Waals surface area contributed by atoms with E-state index in [-0.39, 0.29) is 11.4 Å². The summed E-state index contributed by atoms with van der Waals surface area (Å²) in [5.41, 5.74) is 8.75. The fourth-order valence-corrected chi connectivity index (χ4v) is 2.13. The van der Waals surface area contributed by atoms with Gasteiger partial charge in [-0.15, -0.1) is 0 Å². The normalized spacial score (nSPS) is 9.83. The van der Waals surface area contributed by atoms with Gasteiger partial charge >= 0.3 is 5.97 Å². The Kier molecular flexibility index (Phi) is 4.21. The molecule has 3 N–H and O–H groups in total. The first-order chi connectivity index (χ1) is 11.6. The number of aromatic carboxylic acids is 1. The quantitative estimate of drug-likeness (QED) is 0.710. The highest BCUT2D eigenvalue weighted by Crippen LogP contribution is 2.20. The SMILES string of the molecule is Nc1cc(C(=O)O)cc(-c2ccc(C#Cc3cccnc3)cc2)n1. The molecule has 0 radical (unpaired) electrons. The molecule has 2 heterocycles. The minimum Gasteiger partial charge on any atom is -0.478 e. The largest absolute Gasteiger partial charge is 0.478 e. The van der Waals surface area contributed by atoms with Crippen molar-refractivity contribution in [3.8, 4) is 23.1 Å². The molecule has 1 aromatic carbocycles. The summed E-state index contributed by atoms with van der Waals surface area (Å²) >= 11 is 0. The minimum atomic E-state index is -1.04. The van der Waals surface area contributed by atoms with Gasteiger partial charge in [0.05, 0.1) is 11.3 Å². The third-order valence-corrected chi connectivity index (χ3v) is 3.29. The molecule has 0 spiro atoms. The molecule has 0 fully saturated rings. The Morgan fingerprint density at radius 2 is 1.79 bits per heavy atom. The van der Waals surface area contributed by atoms with Crippen molar-refractivity contribution in [3.05, 3.63) is 77.6 Å². The smallest absolute Gasteiger partial charge is 0.335 e. The van der Waals surface area contributed by atoms with Crippen molar-refractivity contribution in [1.82, 2.24) is 9.97 Å². The van der Waals surface area contributed by atoms with Crippen molar-refractivity contribution in [2.45, 2.75) is 0 Å². The highest BCUT2D eigenvalue weighted by molar-refractivity contribution is 5.90. The molecule has 0 unspecified atom stereocenters. The number of anilines is 1. The molecular formula is C19H13N3O2. The van der Waals surface area contributed by atoms with E-state index in [0.717, 1.165) is 16.7 Å². The van der Waals surface area contributed by atoms with Crippen LogP contribution >= 0.6 is 0 Å². The predicted octanol–water partition coefficient (Wildman–Crippen LogP) is 2.82. The van der Waals surface area contributed by atoms with E-state index >= 15 is 0 Å². The number of rotatable bonds is 2. The van der Waals surface area contributed by atoms with Crippen molar-refractivity contribution in [3.63, 3.8) is 0 Å². The molecule has 0 saturated carbocycles. The molecule has 116 valence electrons. The average molecular weight is 315 g/mol. The van der Waals surface area contributed by atoms with Crippen LogP contribution in [0.3, 0.4) is 0 Å². The van der Waals surface area contributed by atoms with Crippen molar-refractivity contribution in [2.24, 2.45) is 0 Å². The molecule has 0 aliphatic carbocycles. The lowest BCUT2D eigenvalue weighted by molar-refractivity contribution is 0.0697. The topological polar surface area (TPSA) is 89.1 Å². The molecule has 0 atom stereocenters. The van der Waals surface area contributed by atoms with Crippen LogP contribution in [0.2, 0.25) is 0 Å². The van der Waals surface area contributed by atoms with Crippen LogP contribution in [0.25, 0.3) is 11.3 Å². The van der Waals surface area contributed by atoms with Gasteiger partial charge in [0.1, 0.15) is 5.82 Å². The van der Waals surface area contributed by atoms with Gasteiger partial charge in [-0.1, -0.05) is 24.0 Å². The van der Waals surface area contributed by atoms with E-state index in [0.29, 0.717) is 5.69 Å². The number of nitrogen functional groups attached to an aromatic ring is 1. The van der Waals surface area contributed by atoms with Crippen molar-refractivity contribution in [2.75, 3.05) is 5.73 Å². The lowest BCUT2D eigenvalue weighted by Crippen LogP contribution is -2.01. The van der Waals surface area contributed by atoms with E-state index in [1.165, 1.54) is 12.1 Å². The van der Waals surface area contributed by atoms with Gasteiger partial charge in [0, 0.05) is 29.1 Å². The Labute approximate surface area is 138 Å². The van der Waals surface area contributed by atoms with E-state index in [4.69, 9.17) is 10.8 Å². The molecular weight excluding hydrogens is 302 g/mol. The number of nitrogens with zero attached hydrogens (tertiary/aromatic N) is 2. The van der Waals surface area contributed by atoms with Crippen LogP contribution in [0.5, 0.6) is 0 Å². The maximum atomic E-state index is 11.1. The second-order valence-electron chi connectivity index (χ2n) is 5.04. The molecule has 0 amide bonds. The number of hydrogen-bond donors (Lipinski definition) is 2. The monoisotopic (exact) mass is 315 g/mol. The third kappa shape index (κ3) is 3.57. The van der Waals surface area contributed by atoms with Gasteiger partial charge in [-0.3, -0.25) is 4.98 Å². The van der Waals surface area contributed by atoms with Crippen LogP contribution in [0, 0.1) is 11.8 Å². The number of carbonyl (C=O) groups is 1. The van der Waals surface area contributed by atoms with E-state index in [9.17, 15) is 4.79 Å². The zero-order valence-electron chi connectivity index (χ0n) is 12.6. The van der Waals surface area contributed by atoms with Gasteiger partial charge in [-0.2, -0.15) is 0 Å². The van der Waals surface area contributed by atoms with Gasteiger partial charge in [-0.05, 0) is 36.4 Å². The Morgan fingerprint density at radius 3 is 2.46 bits per heavy atom. The summed E-state index contributed by atoms with van der Waals surface area (Å²) in [7, 11) is 0. The van der Waals surface area contributed by atoms with Crippen LogP contribution in [0.1, 0.15) is 21.5 Å². The first kappa shape index (κ1) is 15.3. The van der Waals surface area contributed by atoms with Crippen LogP contribution in [0.15, 0.2) is 60.9 Å². The predicted molar refractivity (Wildman–Crippen MR) is 91.3 cm³/mol. The number of hydrogen-bond acceptors (Lipinski definition) is 4. The zero-order chi connectivity index (χ0) is 16.9. The number of carboxylic acids is 1. The molecule has 5 nitrogen and oxygen atoms in total. The van der Waals surface area contributed by atoms with Gasteiger partial charge in [0.2, 0.25) is 0 Å². The number of carboxylic acid groups (broad SMARTS) is 1. The van der Waals surface area contributed by atoms with E-state index in [2.05, 4.69) is 21.8 Å². The van der Waals surface area contributed by atoms with Crippen LogP contribution in [-0.2, 0) is 0 Å². The van der Waals surface area contributed by atoms with Gasteiger partial charge < -0.3 is 10.8 Å². The molecule has 0 bridgehead atoms. The molecule has 0 aliphatic heterocycles. The second kappa shape index (κ2) is 6.63. The molecule has 0 saturated heterocycles. The second-order valence-corrected chi connectivity index (χ2v) is 5.04. The Balaban J connectivity index is 1.88. The molecule has 5 heteroatoms. The average Bonchev–Trinajstić information content (AvgIpc) is 2.61. The number of aromatic nitrogens is 2. The Morgan fingerprint density at radius 1 is 1.04 bits per heavy atom. The van der Waals surface area contributed by atoms with E-state index in [1.807, 2.05) is 36.4 Å². The van der Waals surface area contributed by atoms with Gasteiger partial charge in [0.25, 0.3) is 0 Å². The molecule has 3 rings (SSSR count). The fourth-order valence-electron chi connectivity index (χ4n) is 2.13. The number of nitrogens with two attached hydrogens (primary N) is 1. The summed E-state index contributed by atoms with van der Waals surface area (Å²) in [5, 5.41) is 9.10. The van der Waals surface area contributed by atoms with Gasteiger partial charge in [-0.25, -0.2) is 9.78 Å². The van der Waals surface area contributed by atoms with Crippen molar-refractivity contribution >= 4 is 11.8 Å². The maximum Gasteiger partial charge on any atom is 0.335 e. The third-order valence-electron chi connectivity index (χ3n) is 3.29. The highest BCUT2D eigenvalue weighted by atomic mass is 16.4. The number of pyridine rings is 2. The first-order valence-electron chi connectivity index (χ1n) is 7.15. The molecule has 3 aromatic rings. The van der Waals surface area contributed by atoms with Crippen LogP contribution in [0.4, 0.5) is 5.82 Å². The van der Waals surface area contributed by atoms with Crippen LogP contribution in [-0.4, -0.2) is 21.0 Å². The Hall–Kier alpha value is -3.65. The Bertz CT molecular complexity index is 940. The van der Waals surface area contributed by atoms with Crippen LogP contribution < -0.4 is 5.73 Å². The maximum absolute atomic E-state index is 11.1. The summed E-state index contributed by atoms with van der Waals surface area (Å²) < 4.78 is 0. The standard InChI is InChI=1S/C19H13N3O2/c20-18-11-16(19(23)24)10-17(22-18)15-7-5-13(6-8-15)3-4-14-2-1-9-21-12-14/h1-2,5-12H,(H2,20,22)(H,23,24). The molecule has 24 heavy (non-hydrogen) atoms. The van der Waals surface area contributed by atoms with Gasteiger partial charge in [0.15, 0.2) is 0 Å². The minimum absolute atomic E-state index is 0.109. The summed E-state index contributed by atoms with van der Waals surface area (Å²) in [5.74, 6) is 5.21. The first-order valence-corrected chi connectivity index (χ1v) is 7.15. The van der Waals surface area contributed by atoms with E-state index < -0.39 is 5.97 Å².